The molecule has 3 heterocycles. The number of ether oxygens (including phenoxy) is 2. The highest BCUT2D eigenvalue weighted by Gasteiger charge is 2.61. The average molecular weight is 520 g/mol. The highest BCUT2D eigenvalue weighted by atomic mass is 32.2. The molecular formula is C21H18F6N4O3S. The van der Waals surface area contributed by atoms with Gasteiger partial charge in [0.1, 0.15) is 17.3 Å². The SMILES string of the molecule is NC1=N[C@@]2(c3cc(NC(=O)c4ccc(OCC(F)(F)C(F)F)cn4)ccc3F)COC[C@@]2(F)CS1. The molecule has 2 aliphatic rings. The number of hydrogen-bond donors (Lipinski definition) is 2. The quantitative estimate of drug-likeness (QED) is 0.540. The molecule has 2 aromatic rings. The first kappa shape index (κ1) is 25.1. The Morgan fingerprint density at radius 1 is 1.29 bits per heavy atom. The molecule has 0 radical (unpaired) electrons. The van der Waals surface area contributed by atoms with Gasteiger partial charge >= 0.3 is 12.3 Å². The third-order valence-electron chi connectivity index (χ3n) is 5.52. The summed E-state index contributed by atoms with van der Waals surface area (Å²) in [5, 5.41) is 2.56. The Hall–Kier alpha value is -3.00. The zero-order chi connectivity index (χ0) is 25.4. The Morgan fingerprint density at radius 2 is 2.06 bits per heavy atom. The van der Waals surface area contributed by atoms with Gasteiger partial charge in [-0.1, -0.05) is 11.8 Å². The Bertz CT molecular complexity index is 1150. The lowest BCUT2D eigenvalue weighted by molar-refractivity contribution is -0.148. The number of pyridine rings is 1. The van der Waals surface area contributed by atoms with Gasteiger partial charge in [-0.25, -0.2) is 27.5 Å². The Morgan fingerprint density at radius 3 is 2.74 bits per heavy atom. The van der Waals surface area contributed by atoms with Crippen molar-refractivity contribution < 1.29 is 40.6 Å². The van der Waals surface area contributed by atoms with Gasteiger partial charge in [-0.2, -0.15) is 8.78 Å². The highest BCUT2D eigenvalue weighted by molar-refractivity contribution is 8.13. The maximum Gasteiger partial charge on any atom is 0.340 e. The van der Waals surface area contributed by atoms with Crippen molar-refractivity contribution in [2.75, 3.05) is 30.9 Å². The van der Waals surface area contributed by atoms with Gasteiger partial charge in [-0.15, -0.1) is 0 Å². The molecule has 0 bridgehead atoms. The summed E-state index contributed by atoms with van der Waals surface area (Å²) in [5.41, 5.74) is 1.84. The molecule has 188 valence electrons. The molecule has 1 saturated heterocycles. The summed E-state index contributed by atoms with van der Waals surface area (Å²) in [4.78, 5) is 20.5. The van der Waals surface area contributed by atoms with E-state index in [9.17, 15) is 26.7 Å². The number of alkyl halides is 5. The summed E-state index contributed by atoms with van der Waals surface area (Å²) in [6, 6.07) is 5.74. The molecule has 4 rings (SSSR count). The number of aliphatic imine (C=N–C) groups is 1. The average Bonchev–Trinajstić information content (AvgIpc) is 3.16. The van der Waals surface area contributed by atoms with Crippen molar-refractivity contribution >= 4 is 28.5 Å². The third kappa shape index (κ3) is 4.76. The number of anilines is 1. The van der Waals surface area contributed by atoms with Crippen molar-refractivity contribution in [2.24, 2.45) is 10.7 Å². The lowest BCUT2D eigenvalue weighted by Crippen LogP contribution is -2.52. The van der Waals surface area contributed by atoms with Gasteiger partial charge in [-0.05, 0) is 30.3 Å². The fourth-order valence-corrected chi connectivity index (χ4v) is 4.57. The summed E-state index contributed by atoms with van der Waals surface area (Å²) in [6.45, 7) is -2.11. The Balaban J connectivity index is 1.51. The second kappa shape index (κ2) is 9.22. The zero-order valence-corrected chi connectivity index (χ0v) is 18.6. The van der Waals surface area contributed by atoms with Gasteiger partial charge < -0.3 is 20.5 Å². The largest absolute Gasteiger partial charge is 0.485 e. The monoisotopic (exact) mass is 520 g/mol. The van der Waals surface area contributed by atoms with E-state index in [-0.39, 0.29) is 46.8 Å². The molecule has 1 aromatic carbocycles. The molecule has 2 atom stereocenters. The van der Waals surface area contributed by atoms with Crippen LogP contribution in [0.5, 0.6) is 5.75 Å². The van der Waals surface area contributed by atoms with Gasteiger partial charge in [0.25, 0.3) is 5.91 Å². The Kier molecular flexibility index (Phi) is 6.62. The normalized spacial score (nSPS) is 24.1. The van der Waals surface area contributed by atoms with E-state index >= 15 is 4.39 Å². The number of amides is 1. The van der Waals surface area contributed by atoms with Gasteiger partial charge in [-0.3, -0.25) is 4.79 Å². The van der Waals surface area contributed by atoms with E-state index in [2.05, 4.69) is 20.0 Å². The number of fused-ring (bicyclic) bond motifs is 1. The minimum Gasteiger partial charge on any atom is -0.485 e. The number of carbonyl (C=O) groups excluding carboxylic acids is 1. The standard InChI is InChI=1S/C21H18F6N4O3S/c22-14-3-1-11(5-13(14)20-8-33-7-19(20,25)10-35-18(28)31-20)30-16(32)15-4-2-12(6-29-15)34-9-21(26,27)17(23)24/h1-6,17H,7-10H2,(H2,28,31)(H,30,32)/t19-,20-/m1/s1. The number of halogens is 6. The lowest BCUT2D eigenvalue weighted by Gasteiger charge is -2.38. The van der Waals surface area contributed by atoms with Crippen molar-refractivity contribution in [1.82, 2.24) is 4.98 Å². The van der Waals surface area contributed by atoms with Crippen LogP contribution in [-0.2, 0) is 10.3 Å². The van der Waals surface area contributed by atoms with Gasteiger partial charge in [0.2, 0.25) is 0 Å². The molecule has 0 aliphatic carbocycles. The molecule has 1 fully saturated rings. The minimum atomic E-state index is -4.34. The number of aromatic nitrogens is 1. The first-order valence-electron chi connectivity index (χ1n) is 10.1. The van der Waals surface area contributed by atoms with Crippen LogP contribution >= 0.6 is 11.8 Å². The number of rotatable bonds is 7. The second-order valence-corrected chi connectivity index (χ2v) is 8.93. The van der Waals surface area contributed by atoms with Crippen LogP contribution < -0.4 is 15.8 Å². The summed E-state index contributed by atoms with van der Waals surface area (Å²) in [5.74, 6) is -6.21. The molecule has 14 heteroatoms. The molecule has 7 nitrogen and oxygen atoms in total. The number of nitrogens with two attached hydrogens (primary N) is 1. The molecule has 35 heavy (non-hydrogen) atoms. The number of nitrogens with zero attached hydrogens (tertiary/aromatic N) is 2. The fourth-order valence-electron chi connectivity index (χ4n) is 3.65. The van der Waals surface area contributed by atoms with Crippen molar-refractivity contribution in [1.29, 1.82) is 0 Å². The molecule has 2 aliphatic heterocycles. The lowest BCUT2D eigenvalue weighted by atomic mass is 9.79. The van der Waals surface area contributed by atoms with Gasteiger partial charge in [0.15, 0.2) is 23.0 Å². The van der Waals surface area contributed by atoms with E-state index in [1.165, 1.54) is 12.1 Å². The van der Waals surface area contributed by atoms with Crippen LogP contribution in [0, 0.1) is 5.82 Å². The summed E-state index contributed by atoms with van der Waals surface area (Å²) >= 11 is 0.995. The summed E-state index contributed by atoms with van der Waals surface area (Å²) in [6.07, 6.45) is -2.98. The van der Waals surface area contributed by atoms with E-state index in [4.69, 9.17) is 10.5 Å². The number of nitrogens with one attached hydrogen (secondary N) is 1. The van der Waals surface area contributed by atoms with E-state index in [1.807, 2.05) is 0 Å². The van der Waals surface area contributed by atoms with Crippen LogP contribution in [0.1, 0.15) is 16.1 Å². The Labute approximate surface area is 199 Å². The molecule has 1 amide bonds. The van der Waals surface area contributed by atoms with Crippen molar-refractivity contribution in [3.8, 4) is 5.75 Å². The van der Waals surface area contributed by atoms with Gasteiger partial charge in [0.05, 0.1) is 19.4 Å². The van der Waals surface area contributed by atoms with E-state index in [0.29, 0.717) is 0 Å². The highest BCUT2D eigenvalue weighted by Crippen LogP contribution is 2.50. The van der Waals surface area contributed by atoms with Crippen LogP contribution in [0.15, 0.2) is 41.5 Å². The van der Waals surface area contributed by atoms with Crippen molar-refractivity contribution in [2.45, 2.75) is 23.6 Å². The first-order chi connectivity index (χ1) is 16.5. The van der Waals surface area contributed by atoms with Crippen LogP contribution in [0.3, 0.4) is 0 Å². The van der Waals surface area contributed by atoms with Crippen molar-refractivity contribution in [3.05, 3.63) is 53.6 Å². The smallest absolute Gasteiger partial charge is 0.340 e. The zero-order valence-electron chi connectivity index (χ0n) is 17.7. The maximum absolute atomic E-state index is 15.7. The van der Waals surface area contributed by atoms with Crippen molar-refractivity contribution in [3.63, 3.8) is 0 Å². The van der Waals surface area contributed by atoms with Crippen LogP contribution in [-0.4, -0.2) is 59.6 Å². The molecule has 0 spiro atoms. The number of carbonyl (C=O) groups is 1. The summed E-state index contributed by atoms with van der Waals surface area (Å²) in [7, 11) is 0. The molecule has 1 aromatic heterocycles. The van der Waals surface area contributed by atoms with Gasteiger partial charge in [0, 0.05) is 17.0 Å². The number of hydrogen-bond acceptors (Lipinski definition) is 7. The molecule has 0 saturated carbocycles. The molecule has 0 unspecified atom stereocenters. The van der Waals surface area contributed by atoms with E-state index in [0.717, 1.165) is 36.2 Å². The number of amidine groups is 1. The fraction of sp³-hybridized carbons (Fsp3) is 0.381. The first-order valence-corrected chi connectivity index (χ1v) is 11.1. The van der Waals surface area contributed by atoms with Crippen LogP contribution in [0.4, 0.5) is 32.0 Å². The summed E-state index contributed by atoms with van der Waals surface area (Å²) < 4.78 is 90.7. The predicted octanol–water partition coefficient (Wildman–Crippen LogP) is 3.75. The minimum absolute atomic E-state index is 0.0791. The predicted molar refractivity (Wildman–Crippen MR) is 115 cm³/mol. The van der Waals surface area contributed by atoms with E-state index < -0.39 is 41.9 Å². The topological polar surface area (TPSA) is 98.8 Å². The number of thioether (sulfide) groups is 1. The third-order valence-corrected chi connectivity index (χ3v) is 6.51. The molecule has 3 N–H and O–H groups in total. The maximum atomic E-state index is 15.7. The van der Waals surface area contributed by atoms with E-state index in [1.54, 1.807) is 0 Å². The van der Waals surface area contributed by atoms with Crippen LogP contribution in [0.25, 0.3) is 0 Å². The van der Waals surface area contributed by atoms with Crippen LogP contribution in [0.2, 0.25) is 0 Å². The second-order valence-electron chi connectivity index (χ2n) is 7.94. The number of benzene rings is 1. The molecular weight excluding hydrogens is 502 g/mol.